The number of carbonyl (C=O) groups is 2. The molecule has 7 nitrogen and oxygen atoms in total. The van der Waals surface area contributed by atoms with Gasteiger partial charge in [-0.05, 0) is 36.8 Å². The number of hydrogen-bond acceptors (Lipinski definition) is 6. The zero-order valence-electron chi connectivity index (χ0n) is 16.2. The summed E-state index contributed by atoms with van der Waals surface area (Å²) < 4.78 is 44.2. The van der Waals surface area contributed by atoms with Gasteiger partial charge in [-0.2, -0.15) is 13.2 Å². The van der Waals surface area contributed by atoms with Crippen molar-refractivity contribution in [3.8, 4) is 0 Å². The Bertz CT molecular complexity index is 855. The van der Waals surface area contributed by atoms with Crippen molar-refractivity contribution in [3.63, 3.8) is 0 Å². The summed E-state index contributed by atoms with van der Waals surface area (Å²) in [5.41, 5.74) is 2.87. The highest BCUT2D eigenvalue weighted by molar-refractivity contribution is 5.94. The average molecular weight is 447 g/mol. The van der Waals surface area contributed by atoms with Crippen LogP contribution in [0.25, 0.3) is 0 Å². The van der Waals surface area contributed by atoms with Crippen LogP contribution in [0.15, 0.2) is 34.5 Å². The fourth-order valence-electron chi connectivity index (χ4n) is 4.76. The Balaban J connectivity index is 0.00000256. The average Bonchev–Trinajstić information content (AvgIpc) is 3.33. The van der Waals surface area contributed by atoms with E-state index in [-0.39, 0.29) is 48.2 Å². The summed E-state index contributed by atoms with van der Waals surface area (Å²) in [5, 5.41) is 6.33. The Kier molecular flexibility index (Phi) is 5.61. The van der Waals surface area contributed by atoms with Gasteiger partial charge in [0.2, 0.25) is 0 Å². The molecule has 2 aliphatic heterocycles. The molecular weight excluding hydrogens is 425 g/mol. The van der Waals surface area contributed by atoms with Gasteiger partial charge in [0.15, 0.2) is 0 Å². The highest BCUT2D eigenvalue weighted by atomic mass is 35.5. The number of likely N-dealkylation sites (tertiary alicyclic amines) is 1. The molecule has 1 saturated carbocycles. The molecule has 4 rings (SSSR count). The van der Waals surface area contributed by atoms with E-state index in [4.69, 9.17) is 10.5 Å². The van der Waals surface area contributed by atoms with E-state index in [1.54, 1.807) is 4.90 Å². The number of hydrogen-bond donors (Lipinski definition) is 1. The number of alkyl halides is 3. The molecule has 30 heavy (non-hydrogen) atoms. The predicted molar refractivity (Wildman–Crippen MR) is 102 cm³/mol. The molecule has 0 radical (unpaired) electrons. The van der Waals surface area contributed by atoms with Crippen molar-refractivity contribution in [1.29, 1.82) is 0 Å². The number of carbonyl (C=O) groups excluding carboxylic acids is 2. The lowest BCUT2D eigenvalue weighted by Gasteiger charge is -2.27. The van der Waals surface area contributed by atoms with E-state index in [1.165, 1.54) is 31.4 Å². The highest BCUT2D eigenvalue weighted by Crippen LogP contribution is 2.52. The fraction of sp³-hybridized carbons (Fsp3) is 0.579. The van der Waals surface area contributed by atoms with Gasteiger partial charge in [0.05, 0.1) is 12.5 Å². The van der Waals surface area contributed by atoms with Gasteiger partial charge in [0.1, 0.15) is 0 Å². The van der Waals surface area contributed by atoms with Crippen LogP contribution in [0, 0.1) is 17.3 Å². The molecule has 2 heterocycles. The first-order valence-electron chi connectivity index (χ1n) is 9.35. The van der Waals surface area contributed by atoms with E-state index in [1.807, 2.05) is 0 Å². The molecule has 1 saturated heterocycles. The summed E-state index contributed by atoms with van der Waals surface area (Å²) in [6, 6.07) is 5.24. The van der Waals surface area contributed by atoms with Crippen LogP contribution in [-0.4, -0.2) is 49.7 Å². The van der Waals surface area contributed by atoms with Crippen molar-refractivity contribution < 1.29 is 27.5 Å². The maximum atomic E-state index is 13.1. The van der Waals surface area contributed by atoms with Crippen LogP contribution in [0.5, 0.6) is 0 Å². The van der Waals surface area contributed by atoms with Crippen LogP contribution >= 0.6 is 12.4 Å². The van der Waals surface area contributed by atoms with E-state index in [0.717, 1.165) is 0 Å². The van der Waals surface area contributed by atoms with Gasteiger partial charge >= 0.3 is 17.8 Å². The van der Waals surface area contributed by atoms with E-state index < -0.39 is 17.3 Å². The summed E-state index contributed by atoms with van der Waals surface area (Å²) in [4.78, 5) is 26.6. The van der Waals surface area contributed by atoms with Gasteiger partial charge in [-0.1, -0.05) is 12.1 Å². The normalized spacial score (nSPS) is 28.6. The highest BCUT2D eigenvalue weighted by Gasteiger charge is 2.65. The molecule has 164 valence electrons. The second-order valence-corrected chi connectivity index (χ2v) is 8.06. The van der Waals surface area contributed by atoms with E-state index in [9.17, 15) is 22.8 Å². The van der Waals surface area contributed by atoms with Crippen LogP contribution in [0.4, 0.5) is 13.2 Å². The molecule has 2 atom stereocenters. The number of ether oxygens (including phenoxy) is 1. The van der Waals surface area contributed by atoms with Crippen molar-refractivity contribution in [1.82, 2.24) is 4.90 Å². The van der Waals surface area contributed by atoms with Gasteiger partial charge in [-0.3, -0.25) is 9.59 Å². The number of fused-ring (bicyclic) bond motifs is 1. The third-order valence-corrected chi connectivity index (χ3v) is 6.41. The van der Waals surface area contributed by atoms with Crippen LogP contribution in [0.1, 0.15) is 28.8 Å². The van der Waals surface area contributed by atoms with E-state index in [0.29, 0.717) is 31.5 Å². The zero-order chi connectivity index (χ0) is 21.0. The Morgan fingerprint density at radius 2 is 1.70 bits per heavy atom. The molecule has 1 amide bonds. The van der Waals surface area contributed by atoms with E-state index >= 15 is 0 Å². The minimum absolute atomic E-state index is 0. The first kappa shape index (κ1) is 22.5. The molecular formula is C19H22ClF3N4O3. The number of nitrogens with two attached hydrogens (primary N) is 1. The second kappa shape index (κ2) is 7.49. The Labute approximate surface area is 177 Å². The molecule has 1 aromatic carbocycles. The van der Waals surface area contributed by atoms with Gasteiger partial charge in [-0.15, -0.1) is 22.6 Å². The molecule has 2 unspecified atom stereocenters. The van der Waals surface area contributed by atoms with Crippen molar-refractivity contribution in [2.45, 2.75) is 24.7 Å². The van der Waals surface area contributed by atoms with Crippen LogP contribution in [0.2, 0.25) is 0 Å². The molecule has 0 spiro atoms. The minimum Gasteiger partial charge on any atom is -0.469 e. The number of rotatable bonds is 4. The predicted octanol–water partition coefficient (Wildman–Crippen LogP) is 2.89. The lowest BCUT2D eigenvalue weighted by atomic mass is 9.84. The van der Waals surface area contributed by atoms with Crippen molar-refractivity contribution in [2.24, 2.45) is 33.2 Å². The molecule has 1 aromatic rings. The van der Waals surface area contributed by atoms with Crippen molar-refractivity contribution in [2.75, 3.05) is 26.7 Å². The van der Waals surface area contributed by atoms with Gasteiger partial charge in [0.25, 0.3) is 5.91 Å². The maximum absolute atomic E-state index is 13.1. The number of benzene rings is 1. The molecule has 3 aliphatic rings. The Morgan fingerprint density at radius 3 is 2.10 bits per heavy atom. The summed E-state index contributed by atoms with van der Waals surface area (Å²) in [6.45, 7) is 1.18. The van der Waals surface area contributed by atoms with Crippen molar-refractivity contribution in [3.05, 3.63) is 35.4 Å². The topological polar surface area (TPSA) is 97.3 Å². The summed E-state index contributed by atoms with van der Waals surface area (Å²) in [5.74, 6) is -0.248. The molecule has 0 bridgehead atoms. The van der Waals surface area contributed by atoms with Crippen LogP contribution in [0.3, 0.4) is 0 Å². The maximum Gasteiger partial charge on any atom is 0.442 e. The molecule has 11 heteroatoms. The van der Waals surface area contributed by atoms with Crippen LogP contribution < -0.4 is 5.73 Å². The summed E-state index contributed by atoms with van der Waals surface area (Å²) in [6.07, 6.45) is -3.46. The summed E-state index contributed by atoms with van der Waals surface area (Å²) >= 11 is 0. The smallest absolute Gasteiger partial charge is 0.442 e. The minimum atomic E-state index is -4.60. The first-order valence-corrected chi connectivity index (χ1v) is 9.35. The second-order valence-electron chi connectivity index (χ2n) is 8.06. The number of methoxy groups -OCH3 is 1. The van der Waals surface area contributed by atoms with Gasteiger partial charge in [-0.25, -0.2) is 0 Å². The zero-order valence-corrected chi connectivity index (χ0v) is 17.0. The van der Waals surface area contributed by atoms with E-state index in [2.05, 4.69) is 10.2 Å². The molecule has 1 aliphatic carbocycles. The lowest BCUT2D eigenvalue weighted by Crippen LogP contribution is -2.39. The molecule has 2 fully saturated rings. The number of halogens is 4. The number of nitrogens with zero attached hydrogens (tertiary/aromatic N) is 3. The first-order chi connectivity index (χ1) is 13.7. The third kappa shape index (κ3) is 3.35. The summed E-state index contributed by atoms with van der Waals surface area (Å²) in [7, 11) is 1.35. The van der Waals surface area contributed by atoms with Gasteiger partial charge < -0.3 is 15.4 Å². The Hall–Kier alpha value is -2.20. The van der Waals surface area contributed by atoms with Crippen LogP contribution in [-0.2, 0) is 15.2 Å². The third-order valence-electron chi connectivity index (χ3n) is 6.41. The Morgan fingerprint density at radius 1 is 1.17 bits per heavy atom. The van der Waals surface area contributed by atoms with Crippen molar-refractivity contribution >= 4 is 24.3 Å². The molecule has 0 aromatic heterocycles. The van der Waals surface area contributed by atoms with Gasteiger partial charge in [0, 0.05) is 30.8 Å². The lowest BCUT2D eigenvalue weighted by molar-refractivity contribution is -0.166. The monoisotopic (exact) mass is 446 g/mol. The molecule has 2 N–H and O–H groups in total. The standard InChI is InChI=1S/C19H21F3N4O3.ClH/c1-29-16(28)17(10-23)6-12-8-26(9-13(12)7-17)15(27)11-2-4-14(5-3-11)18(24-25-18)19(20,21)22;/h2-5,12-13H,6-10,23H2,1H3;1H. The largest absolute Gasteiger partial charge is 0.469 e. The number of esters is 1. The number of amides is 1. The fourth-order valence-corrected chi connectivity index (χ4v) is 4.76. The quantitative estimate of drug-likeness (QED) is 0.719. The SMILES string of the molecule is COC(=O)C1(CN)CC2CN(C(=O)c3ccc(C4(C(F)(F)F)N=N4)cc3)CC2C1.Cl.